The molecular formula is C26H27N5O5. The quantitative estimate of drug-likeness (QED) is 0.484. The van der Waals surface area contributed by atoms with Gasteiger partial charge in [-0.15, -0.1) is 0 Å². The Morgan fingerprint density at radius 1 is 1.19 bits per heavy atom. The van der Waals surface area contributed by atoms with Gasteiger partial charge >= 0.3 is 6.09 Å². The standard InChI is InChI=1S/C26H27N5O5/c1-17-29-24(31-9-11-35-12-10-31)14-25(30-17)36-22-13-18(15-27)3-8-21(22)19-4-6-20(7-5-19)23(34-2)16-28-26(32)33/h3-8,13-14,23,28H,9-12,16H2,1-2H3,(H,32,33). The van der Waals surface area contributed by atoms with E-state index in [9.17, 15) is 10.1 Å². The van der Waals surface area contributed by atoms with Gasteiger partial charge in [-0.3, -0.25) is 0 Å². The lowest BCUT2D eigenvalue weighted by Crippen LogP contribution is -2.36. The number of ether oxygens (including phenoxy) is 3. The number of hydrogen-bond donors (Lipinski definition) is 2. The Hall–Kier alpha value is -4.20. The second-order valence-corrected chi connectivity index (χ2v) is 8.17. The zero-order chi connectivity index (χ0) is 25.5. The molecule has 4 rings (SSSR count). The zero-order valence-corrected chi connectivity index (χ0v) is 20.1. The van der Waals surface area contributed by atoms with Gasteiger partial charge in [0.15, 0.2) is 0 Å². The van der Waals surface area contributed by atoms with Gasteiger partial charge in [-0.25, -0.2) is 9.78 Å². The molecule has 0 radical (unpaired) electrons. The maximum Gasteiger partial charge on any atom is 0.404 e. The molecule has 10 nitrogen and oxygen atoms in total. The zero-order valence-electron chi connectivity index (χ0n) is 20.1. The molecule has 36 heavy (non-hydrogen) atoms. The van der Waals surface area contributed by atoms with Gasteiger partial charge in [-0.2, -0.15) is 10.2 Å². The molecule has 1 saturated heterocycles. The molecular weight excluding hydrogens is 462 g/mol. The summed E-state index contributed by atoms with van der Waals surface area (Å²) in [6.45, 7) is 4.70. The summed E-state index contributed by atoms with van der Waals surface area (Å²) in [6.07, 6.45) is -1.53. The highest BCUT2D eigenvalue weighted by Gasteiger charge is 2.17. The van der Waals surface area contributed by atoms with Crippen molar-refractivity contribution in [3.8, 4) is 28.8 Å². The molecule has 2 aromatic carbocycles. The van der Waals surface area contributed by atoms with Crippen LogP contribution in [0.3, 0.4) is 0 Å². The van der Waals surface area contributed by atoms with Crippen LogP contribution < -0.4 is 15.0 Å². The first kappa shape index (κ1) is 24.9. The topological polar surface area (TPSA) is 130 Å². The van der Waals surface area contributed by atoms with Crippen LogP contribution in [0.4, 0.5) is 10.6 Å². The summed E-state index contributed by atoms with van der Waals surface area (Å²) >= 11 is 0. The van der Waals surface area contributed by atoms with Gasteiger partial charge in [0.05, 0.1) is 37.5 Å². The second-order valence-electron chi connectivity index (χ2n) is 8.17. The Bertz CT molecular complexity index is 1250. The van der Waals surface area contributed by atoms with Crippen LogP contribution in [0.2, 0.25) is 0 Å². The number of nitrogens with zero attached hydrogens (tertiary/aromatic N) is 4. The first-order valence-corrected chi connectivity index (χ1v) is 11.5. The Morgan fingerprint density at radius 3 is 2.61 bits per heavy atom. The lowest BCUT2D eigenvalue weighted by atomic mass is 10.00. The molecule has 1 amide bonds. The van der Waals surface area contributed by atoms with Crippen molar-refractivity contribution in [1.29, 1.82) is 5.26 Å². The van der Waals surface area contributed by atoms with Crippen LogP contribution in [0.25, 0.3) is 11.1 Å². The highest BCUT2D eigenvalue weighted by molar-refractivity contribution is 5.72. The lowest BCUT2D eigenvalue weighted by Gasteiger charge is -2.28. The number of nitrogens with one attached hydrogen (secondary N) is 1. The van der Waals surface area contributed by atoms with Crippen LogP contribution in [-0.2, 0) is 9.47 Å². The number of methoxy groups -OCH3 is 1. The second kappa shape index (κ2) is 11.5. The van der Waals surface area contributed by atoms with Crippen LogP contribution in [0.1, 0.15) is 23.1 Å². The van der Waals surface area contributed by atoms with Crippen molar-refractivity contribution in [2.45, 2.75) is 13.0 Å². The summed E-state index contributed by atoms with van der Waals surface area (Å²) in [7, 11) is 1.53. The van der Waals surface area contributed by atoms with E-state index >= 15 is 0 Å². The van der Waals surface area contributed by atoms with E-state index in [1.54, 1.807) is 18.2 Å². The van der Waals surface area contributed by atoms with E-state index < -0.39 is 12.2 Å². The van der Waals surface area contributed by atoms with Crippen molar-refractivity contribution < 1.29 is 24.1 Å². The predicted molar refractivity (Wildman–Crippen MR) is 132 cm³/mol. The number of rotatable bonds is 8. The molecule has 1 unspecified atom stereocenters. The summed E-state index contributed by atoms with van der Waals surface area (Å²) < 4.78 is 17.1. The molecule has 1 aliphatic heterocycles. The van der Waals surface area contributed by atoms with Crippen LogP contribution in [-0.4, -0.2) is 61.1 Å². The van der Waals surface area contributed by atoms with E-state index in [-0.39, 0.29) is 6.54 Å². The van der Waals surface area contributed by atoms with Gasteiger partial charge in [0, 0.05) is 31.8 Å². The smallest absolute Gasteiger partial charge is 0.404 e. The number of nitriles is 1. The molecule has 3 aromatic rings. The van der Waals surface area contributed by atoms with Crippen LogP contribution in [0.15, 0.2) is 48.5 Å². The number of hydrogen-bond acceptors (Lipinski definition) is 8. The largest absolute Gasteiger partial charge is 0.465 e. The number of benzene rings is 2. The highest BCUT2D eigenvalue weighted by Crippen LogP contribution is 2.35. The SMILES string of the molecule is COC(CNC(=O)O)c1ccc(-c2ccc(C#N)cc2Oc2cc(N3CCOCC3)nc(C)n2)cc1. The van der Waals surface area contributed by atoms with E-state index in [2.05, 4.69) is 26.3 Å². The molecule has 186 valence electrons. The average molecular weight is 490 g/mol. The predicted octanol–water partition coefficient (Wildman–Crippen LogP) is 3.91. The third kappa shape index (κ3) is 6.07. The van der Waals surface area contributed by atoms with Crippen molar-refractivity contribution in [3.63, 3.8) is 0 Å². The molecule has 0 saturated carbocycles. The monoisotopic (exact) mass is 489 g/mol. The van der Waals surface area contributed by atoms with E-state index in [4.69, 9.17) is 19.3 Å². The third-order valence-electron chi connectivity index (χ3n) is 5.78. The number of morpholine rings is 1. The number of carbonyl (C=O) groups is 1. The average Bonchev–Trinajstić information content (AvgIpc) is 2.89. The van der Waals surface area contributed by atoms with Crippen LogP contribution >= 0.6 is 0 Å². The van der Waals surface area contributed by atoms with E-state index in [0.717, 1.165) is 35.6 Å². The lowest BCUT2D eigenvalue weighted by molar-refractivity contribution is 0.100. The molecule has 1 fully saturated rings. The van der Waals surface area contributed by atoms with E-state index in [1.807, 2.05) is 37.3 Å². The van der Waals surface area contributed by atoms with Crippen molar-refractivity contribution in [2.24, 2.45) is 0 Å². The molecule has 2 heterocycles. The Kier molecular flexibility index (Phi) is 7.95. The normalized spacial score (nSPS) is 14.1. The molecule has 0 aliphatic carbocycles. The van der Waals surface area contributed by atoms with E-state index in [0.29, 0.717) is 36.2 Å². The number of anilines is 1. The van der Waals surface area contributed by atoms with Gasteiger partial charge in [-0.05, 0) is 36.2 Å². The van der Waals surface area contributed by atoms with E-state index in [1.165, 1.54) is 7.11 Å². The Labute approximate surface area is 209 Å². The summed E-state index contributed by atoms with van der Waals surface area (Å²) in [6, 6.07) is 16.8. The fraction of sp³-hybridized carbons (Fsp3) is 0.308. The summed E-state index contributed by atoms with van der Waals surface area (Å²) in [4.78, 5) is 22.0. The van der Waals surface area contributed by atoms with Gasteiger partial charge in [0.2, 0.25) is 5.88 Å². The minimum Gasteiger partial charge on any atom is -0.465 e. The molecule has 1 atom stereocenters. The van der Waals surface area contributed by atoms with Crippen molar-refractivity contribution in [1.82, 2.24) is 15.3 Å². The van der Waals surface area contributed by atoms with Gasteiger partial charge < -0.3 is 29.5 Å². The maximum atomic E-state index is 10.8. The van der Waals surface area contributed by atoms with Crippen molar-refractivity contribution >= 4 is 11.9 Å². The molecule has 2 N–H and O–H groups in total. The number of aromatic nitrogens is 2. The number of carboxylic acid groups (broad SMARTS) is 1. The van der Waals surface area contributed by atoms with Gasteiger partial charge in [-0.1, -0.05) is 24.3 Å². The fourth-order valence-electron chi connectivity index (χ4n) is 3.95. The molecule has 0 bridgehead atoms. The summed E-state index contributed by atoms with van der Waals surface area (Å²) in [5.74, 6) is 2.22. The minimum absolute atomic E-state index is 0.134. The van der Waals surface area contributed by atoms with Gasteiger partial charge in [0.1, 0.15) is 17.4 Å². The van der Waals surface area contributed by atoms with Crippen molar-refractivity contribution in [3.05, 3.63) is 65.5 Å². The number of aryl methyl sites for hydroxylation is 1. The fourth-order valence-corrected chi connectivity index (χ4v) is 3.95. The maximum absolute atomic E-state index is 10.8. The highest BCUT2D eigenvalue weighted by atomic mass is 16.5. The Balaban J connectivity index is 1.62. The van der Waals surface area contributed by atoms with Crippen molar-refractivity contribution in [2.75, 3.05) is 44.9 Å². The van der Waals surface area contributed by atoms with Crippen LogP contribution in [0.5, 0.6) is 11.6 Å². The molecule has 1 aliphatic rings. The Morgan fingerprint density at radius 2 is 1.94 bits per heavy atom. The third-order valence-corrected chi connectivity index (χ3v) is 5.78. The van der Waals surface area contributed by atoms with Crippen LogP contribution in [0, 0.1) is 18.3 Å². The first-order valence-electron chi connectivity index (χ1n) is 11.5. The first-order chi connectivity index (χ1) is 17.5. The molecule has 1 aromatic heterocycles. The molecule has 10 heteroatoms. The summed E-state index contributed by atoms with van der Waals surface area (Å²) in [5.41, 5.74) is 2.93. The number of amides is 1. The minimum atomic E-state index is -1.11. The molecule has 0 spiro atoms. The van der Waals surface area contributed by atoms with Gasteiger partial charge in [0.25, 0.3) is 0 Å². The summed E-state index contributed by atoms with van der Waals surface area (Å²) in [5, 5.41) is 20.7.